The van der Waals surface area contributed by atoms with Gasteiger partial charge < -0.3 is 19.6 Å². The van der Waals surface area contributed by atoms with Crippen LogP contribution in [0.3, 0.4) is 0 Å². The van der Waals surface area contributed by atoms with Crippen LogP contribution in [-0.4, -0.2) is 60.4 Å². The lowest BCUT2D eigenvalue weighted by atomic mass is 9.95. The summed E-state index contributed by atoms with van der Waals surface area (Å²) in [5.74, 6) is -0.665. The Morgan fingerprint density at radius 2 is 1.73 bits per heavy atom. The number of ether oxygens (including phenoxy) is 1. The Balaban J connectivity index is 2.05. The van der Waals surface area contributed by atoms with Gasteiger partial charge in [-0.1, -0.05) is 42.5 Å². The second kappa shape index (κ2) is 9.59. The predicted octanol–water partition coefficient (Wildman–Crippen LogP) is 3.46. The monoisotopic (exact) mass is 408 g/mol. The van der Waals surface area contributed by atoms with Gasteiger partial charge in [-0.2, -0.15) is 0 Å². The largest absolute Gasteiger partial charge is 0.507 e. The first-order chi connectivity index (χ1) is 14.4. The lowest BCUT2D eigenvalue weighted by Gasteiger charge is -2.26. The minimum Gasteiger partial charge on any atom is -0.507 e. The minimum absolute atomic E-state index is 0.125. The maximum absolute atomic E-state index is 12.9. The standard InChI is InChI=1S/C24H28N2O4/c1-4-30-19-13-11-17(12-14-19)21-20(22(27)18-9-6-5-7-10-18)23(28)24(29)26(21)16-8-15-25(2)3/h5-7,9-14,21,27H,4,8,15-16H2,1-3H3. The van der Waals surface area contributed by atoms with Crippen LogP contribution in [0.4, 0.5) is 0 Å². The van der Waals surface area contributed by atoms with Gasteiger partial charge in [0.15, 0.2) is 0 Å². The van der Waals surface area contributed by atoms with E-state index in [1.165, 1.54) is 0 Å². The number of amides is 1. The lowest BCUT2D eigenvalue weighted by molar-refractivity contribution is -0.139. The molecule has 1 aliphatic heterocycles. The van der Waals surface area contributed by atoms with Crippen molar-refractivity contribution in [2.45, 2.75) is 19.4 Å². The number of hydrogen-bond donors (Lipinski definition) is 1. The normalized spacial score (nSPS) is 18.3. The summed E-state index contributed by atoms with van der Waals surface area (Å²) in [6.07, 6.45) is 0.721. The molecule has 2 aromatic rings. The molecular formula is C24H28N2O4. The molecule has 1 aliphatic rings. The van der Waals surface area contributed by atoms with Gasteiger partial charge in [0.05, 0.1) is 18.2 Å². The molecule has 0 bridgehead atoms. The van der Waals surface area contributed by atoms with Crippen LogP contribution < -0.4 is 4.74 Å². The molecule has 30 heavy (non-hydrogen) atoms. The van der Waals surface area contributed by atoms with Crippen molar-refractivity contribution in [3.8, 4) is 5.75 Å². The third kappa shape index (κ3) is 4.54. The van der Waals surface area contributed by atoms with Crippen LogP contribution in [0.15, 0.2) is 60.2 Å². The molecule has 1 amide bonds. The fraction of sp³-hybridized carbons (Fsp3) is 0.333. The van der Waals surface area contributed by atoms with Crippen molar-refractivity contribution in [3.05, 3.63) is 71.3 Å². The zero-order valence-corrected chi connectivity index (χ0v) is 17.7. The van der Waals surface area contributed by atoms with E-state index in [4.69, 9.17) is 4.74 Å². The molecule has 0 saturated carbocycles. The molecule has 6 heteroatoms. The van der Waals surface area contributed by atoms with E-state index in [9.17, 15) is 14.7 Å². The van der Waals surface area contributed by atoms with Crippen LogP contribution in [0.5, 0.6) is 5.75 Å². The van der Waals surface area contributed by atoms with Gasteiger partial charge in [0.2, 0.25) is 0 Å². The van der Waals surface area contributed by atoms with E-state index in [0.29, 0.717) is 24.5 Å². The summed E-state index contributed by atoms with van der Waals surface area (Å²) in [5.41, 5.74) is 1.40. The molecule has 1 atom stereocenters. The van der Waals surface area contributed by atoms with Crippen LogP contribution in [0.25, 0.3) is 5.76 Å². The molecule has 2 aromatic carbocycles. The topological polar surface area (TPSA) is 70.1 Å². The van der Waals surface area contributed by atoms with Crippen molar-refractivity contribution in [3.63, 3.8) is 0 Å². The summed E-state index contributed by atoms with van der Waals surface area (Å²) in [4.78, 5) is 29.4. The van der Waals surface area contributed by atoms with Crippen LogP contribution in [0.1, 0.15) is 30.5 Å². The second-order valence-electron chi connectivity index (χ2n) is 7.52. The molecule has 0 aromatic heterocycles. The smallest absolute Gasteiger partial charge is 0.295 e. The molecule has 1 saturated heterocycles. The first kappa shape index (κ1) is 21.6. The van der Waals surface area contributed by atoms with Gasteiger partial charge in [-0.15, -0.1) is 0 Å². The van der Waals surface area contributed by atoms with E-state index >= 15 is 0 Å². The zero-order chi connectivity index (χ0) is 21.7. The zero-order valence-electron chi connectivity index (χ0n) is 17.7. The van der Waals surface area contributed by atoms with E-state index in [2.05, 4.69) is 0 Å². The third-order valence-electron chi connectivity index (χ3n) is 5.10. The molecular weight excluding hydrogens is 380 g/mol. The Bertz CT molecular complexity index is 920. The van der Waals surface area contributed by atoms with Crippen LogP contribution in [-0.2, 0) is 9.59 Å². The summed E-state index contributed by atoms with van der Waals surface area (Å²) in [5, 5.41) is 11.0. The highest BCUT2D eigenvalue weighted by molar-refractivity contribution is 6.46. The fourth-order valence-electron chi connectivity index (χ4n) is 3.68. The first-order valence-corrected chi connectivity index (χ1v) is 10.1. The maximum atomic E-state index is 12.9. The molecule has 6 nitrogen and oxygen atoms in total. The summed E-state index contributed by atoms with van der Waals surface area (Å²) in [7, 11) is 3.93. The van der Waals surface area contributed by atoms with Crippen molar-refractivity contribution in [2.24, 2.45) is 0 Å². The Morgan fingerprint density at radius 3 is 2.33 bits per heavy atom. The Hall–Kier alpha value is -3.12. The number of ketones is 1. The van der Waals surface area contributed by atoms with Gasteiger partial charge in [0.1, 0.15) is 11.5 Å². The molecule has 0 aliphatic carbocycles. The predicted molar refractivity (Wildman–Crippen MR) is 116 cm³/mol. The molecule has 3 rings (SSSR count). The highest BCUT2D eigenvalue weighted by Crippen LogP contribution is 2.39. The van der Waals surface area contributed by atoms with Gasteiger partial charge in [0.25, 0.3) is 11.7 Å². The van der Waals surface area contributed by atoms with Crippen LogP contribution in [0, 0.1) is 0 Å². The summed E-state index contributed by atoms with van der Waals surface area (Å²) < 4.78 is 5.51. The summed E-state index contributed by atoms with van der Waals surface area (Å²) in [6, 6.07) is 15.6. The Morgan fingerprint density at radius 1 is 1.07 bits per heavy atom. The van der Waals surface area contributed by atoms with E-state index in [-0.39, 0.29) is 11.3 Å². The Labute approximate surface area is 177 Å². The number of rotatable bonds is 8. The molecule has 1 heterocycles. The third-order valence-corrected chi connectivity index (χ3v) is 5.10. The number of nitrogens with zero attached hydrogens (tertiary/aromatic N) is 2. The second-order valence-corrected chi connectivity index (χ2v) is 7.52. The Kier molecular flexibility index (Phi) is 6.90. The van der Waals surface area contributed by atoms with E-state index in [1.54, 1.807) is 29.2 Å². The van der Waals surface area contributed by atoms with E-state index < -0.39 is 17.7 Å². The van der Waals surface area contributed by atoms with E-state index in [1.807, 2.05) is 56.3 Å². The molecule has 1 fully saturated rings. The number of aliphatic hydroxyl groups is 1. The van der Waals surface area contributed by atoms with Crippen molar-refractivity contribution in [2.75, 3.05) is 33.8 Å². The van der Waals surface area contributed by atoms with Gasteiger partial charge in [-0.3, -0.25) is 9.59 Å². The lowest BCUT2D eigenvalue weighted by Crippen LogP contribution is -2.32. The quantitative estimate of drug-likeness (QED) is 0.412. The first-order valence-electron chi connectivity index (χ1n) is 10.1. The van der Waals surface area contributed by atoms with Crippen LogP contribution in [0.2, 0.25) is 0 Å². The van der Waals surface area contributed by atoms with Gasteiger partial charge in [-0.25, -0.2) is 0 Å². The molecule has 1 unspecified atom stereocenters. The fourth-order valence-corrected chi connectivity index (χ4v) is 3.68. The van der Waals surface area contributed by atoms with Crippen molar-refractivity contribution >= 4 is 17.4 Å². The number of hydrogen-bond acceptors (Lipinski definition) is 5. The molecule has 1 N–H and O–H groups in total. The highest BCUT2D eigenvalue weighted by atomic mass is 16.5. The summed E-state index contributed by atoms with van der Waals surface area (Å²) >= 11 is 0. The van der Waals surface area contributed by atoms with Gasteiger partial charge >= 0.3 is 0 Å². The number of benzene rings is 2. The molecule has 0 radical (unpaired) electrons. The number of aliphatic hydroxyl groups excluding tert-OH is 1. The number of likely N-dealkylation sites (tertiary alicyclic amines) is 1. The highest BCUT2D eigenvalue weighted by Gasteiger charge is 2.45. The van der Waals surface area contributed by atoms with Crippen molar-refractivity contribution in [1.82, 2.24) is 9.80 Å². The van der Waals surface area contributed by atoms with Crippen molar-refractivity contribution < 1.29 is 19.4 Å². The maximum Gasteiger partial charge on any atom is 0.295 e. The van der Waals surface area contributed by atoms with Gasteiger partial charge in [-0.05, 0) is 51.7 Å². The molecule has 0 spiro atoms. The number of carbonyl (C=O) groups excluding carboxylic acids is 2. The van der Waals surface area contributed by atoms with Crippen LogP contribution >= 0.6 is 0 Å². The summed E-state index contributed by atoms with van der Waals surface area (Å²) in [6.45, 7) is 3.67. The minimum atomic E-state index is -0.653. The molecule has 158 valence electrons. The number of Topliss-reactive ketones (excluding diaryl/α,β-unsaturated/α-hetero) is 1. The average molecular weight is 408 g/mol. The van der Waals surface area contributed by atoms with E-state index in [0.717, 1.165) is 18.5 Å². The number of carbonyl (C=O) groups is 2. The van der Waals surface area contributed by atoms with Crippen molar-refractivity contribution in [1.29, 1.82) is 0 Å². The SMILES string of the molecule is CCOc1ccc(C2C(=C(O)c3ccccc3)C(=O)C(=O)N2CCCN(C)C)cc1. The average Bonchev–Trinajstić information content (AvgIpc) is 2.99. The van der Waals surface area contributed by atoms with Gasteiger partial charge in [0, 0.05) is 12.1 Å².